The average Bonchev–Trinajstić information content (AvgIpc) is 3.23. The quantitative estimate of drug-likeness (QED) is 0.570. The molecule has 1 aliphatic heterocycles. The van der Waals surface area contributed by atoms with Crippen molar-refractivity contribution in [3.63, 3.8) is 0 Å². The fourth-order valence-electron chi connectivity index (χ4n) is 3.90. The number of fused-ring (bicyclic) bond motifs is 3. The molecule has 0 amide bonds. The maximum atomic E-state index is 13.8. The van der Waals surface area contributed by atoms with E-state index >= 15 is 0 Å². The molecule has 7 nitrogen and oxygen atoms in total. The number of benzene rings is 1. The molecule has 4 aromatic rings. The number of piperidine rings is 1. The van der Waals surface area contributed by atoms with Crippen LogP contribution in [-0.2, 0) is 0 Å². The van der Waals surface area contributed by atoms with Crippen molar-refractivity contribution in [3.8, 4) is 5.69 Å². The summed E-state index contributed by atoms with van der Waals surface area (Å²) >= 11 is 0. The van der Waals surface area contributed by atoms with Gasteiger partial charge in [-0.25, -0.2) is 14.4 Å². The highest BCUT2D eigenvalue weighted by molar-refractivity contribution is 6.06. The lowest BCUT2D eigenvalue weighted by atomic mass is 10.1. The standard InChI is InChI=1S/C19H19FN6O/c1-11-16(8-21-19(23-11)25-6-2-3-13(27)10-25)26-15-5-4-12(20)7-14(15)18-17(26)9-22-24-18/h4-5,7-9,13,27H,2-3,6,10H2,1H3,(H,22,24)/t13-/m0/s1. The molecule has 0 bridgehead atoms. The molecule has 0 saturated carbocycles. The third kappa shape index (κ3) is 2.56. The fraction of sp³-hybridized carbons (Fsp3) is 0.316. The maximum Gasteiger partial charge on any atom is 0.225 e. The van der Waals surface area contributed by atoms with E-state index in [1.54, 1.807) is 18.5 Å². The lowest BCUT2D eigenvalue weighted by Gasteiger charge is -2.30. The van der Waals surface area contributed by atoms with Crippen LogP contribution in [0.1, 0.15) is 18.5 Å². The Hall–Kier alpha value is -3.00. The molecule has 1 aromatic carbocycles. The molecule has 0 aliphatic carbocycles. The molecule has 0 unspecified atom stereocenters. The van der Waals surface area contributed by atoms with Crippen LogP contribution < -0.4 is 4.90 Å². The number of β-amino-alcohol motifs (C(OH)–C–C–N with tert-alkyl or cyclic N) is 1. The second kappa shape index (κ2) is 6.02. The highest BCUT2D eigenvalue weighted by atomic mass is 19.1. The van der Waals surface area contributed by atoms with E-state index in [4.69, 9.17) is 0 Å². The van der Waals surface area contributed by atoms with Crippen molar-refractivity contribution in [1.82, 2.24) is 24.7 Å². The molecule has 5 rings (SSSR count). The molecule has 0 radical (unpaired) electrons. The first-order valence-electron chi connectivity index (χ1n) is 9.02. The number of aliphatic hydroxyl groups is 1. The van der Waals surface area contributed by atoms with Crippen LogP contribution in [0.5, 0.6) is 0 Å². The van der Waals surface area contributed by atoms with E-state index in [9.17, 15) is 9.50 Å². The molecule has 2 N–H and O–H groups in total. The predicted octanol–water partition coefficient (Wildman–Crippen LogP) is 2.71. The van der Waals surface area contributed by atoms with Crippen LogP contribution in [0.4, 0.5) is 10.3 Å². The number of aromatic nitrogens is 5. The number of aryl methyl sites for hydroxylation is 1. The van der Waals surface area contributed by atoms with Gasteiger partial charge < -0.3 is 14.6 Å². The minimum atomic E-state index is -0.337. The van der Waals surface area contributed by atoms with Gasteiger partial charge in [0.2, 0.25) is 5.95 Å². The second-order valence-electron chi connectivity index (χ2n) is 7.01. The molecule has 1 fully saturated rings. The molecule has 1 atom stereocenters. The molecule has 1 saturated heterocycles. The van der Waals surface area contributed by atoms with Crippen molar-refractivity contribution in [1.29, 1.82) is 0 Å². The molecule has 138 valence electrons. The molecular weight excluding hydrogens is 347 g/mol. The average molecular weight is 366 g/mol. The summed E-state index contributed by atoms with van der Waals surface area (Å²) in [6.45, 7) is 3.33. The lowest BCUT2D eigenvalue weighted by Crippen LogP contribution is -2.39. The number of H-pyrrole nitrogens is 1. The van der Waals surface area contributed by atoms with Crippen molar-refractivity contribution in [3.05, 3.63) is 42.1 Å². The number of hydrogen-bond acceptors (Lipinski definition) is 5. The van der Waals surface area contributed by atoms with Gasteiger partial charge in [0.1, 0.15) is 5.82 Å². The summed E-state index contributed by atoms with van der Waals surface area (Å²) in [5.41, 5.74) is 4.14. The first-order valence-corrected chi connectivity index (χ1v) is 9.02. The predicted molar refractivity (Wildman–Crippen MR) is 101 cm³/mol. The summed E-state index contributed by atoms with van der Waals surface area (Å²) in [7, 11) is 0. The fourth-order valence-corrected chi connectivity index (χ4v) is 3.90. The van der Waals surface area contributed by atoms with Gasteiger partial charge in [0.15, 0.2) is 0 Å². The number of hydrogen-bond donors (Lipinski definition) is 2. The topological polar surface area (TPSA) is 82.9 Å². The number of nitrogens with one attached hydrogen (secondary N) is 1. The Morgan fingerprint density at radius 1 is 1.26 bits per heavy atom. The van der Waals surface area contributed by atoms with Gasteiger partial charge in [-0.15, -0.1) is 0 Å². The number of nitrogens with zero attached hydrogens (tertiary/aromatic N) is 5. The van der Waals surface area contributed by atoms with Gasteiger partial charge >= 0.3 is 0 Å². The van der Waals surface area contributed by atoms with Crippen molar-refractivity contribution in [2.75, 3.05) is 18.0 Å². The van der Waals surface area contributed by atoms with Crippen LogP contribution >= 0.6 is 0 Å². The SMILES string of the molecule is Cc1nc(N2CCC[C@H](O)C2)ncc1-n1c2ccc(F)cc2c2[nH]ncc21. The van der Waals surface area contributed by atoms with Gasteiger partial charge in [-0.05, 0) is 38.0 Å². The van der Waals surface area contributed by atoms with Gasteiger partial charge in [-0.3, -0.25) is 5.10 Å². The van der Waals surface area contributed by atoms with Gasteiger partial charge in [-0.2, -0.15) is 5.10 Å². The zero-order valence-electron chi connectivity index (χ0n) is 14.9. The number of aliphatic hydroxyl groups excluding tert-OH is 1. The van der Waals surface area contributed by atoms with Gasteiger partial charge in [0, 0.05) is 18.5 Å². The smallest absolute Gasteiger partial charge is 0.225 e. The Bertz CT molecular complexity index is 1150. The minimum Gasteiger partial charge on any atom is -0.391 e. The van der Waals surface area contributed by atoms with E-state index in [1.165, 1.54) is 12.1 Å². The summed E-state index contributed by atoms with van der Waals surface area (Å²) in [5.74, 6) is 0.337. The lowest BCUT2D eigenvalue weighted by molar-refractivity contribution is 0.153. The van der Waals surface area contributed by atoms with E-state index in [0.717, 1.165) is 52.7 Å². The third-order valence-electron chi connectivity index (χ3n) is 5.19. The zero-order chi connectivity index (χ0) is 18.5. The monoisotopic (exact) mass is 366 g/mol. The molecule has 27 heavy (non-hydrogen) atoms. The normalized spacial score (nSPS) is 17.9. The number of aromatic amines is 1. The van der Waals surface area contributed by atoms with E-state index in [0.29, 0.717) is 12.5 Å². The Labute approximate surface area is 154 Å². The Kier molecular flexibility index (Phi) is 3.61. The van der Waals surface area contributed by atoms with Crippen molar-refractivity contribution in [2.45, 2.75) is 25.9 Å². The van der Waals surface area contributed by atoms with Crippen molar-refractivity contribution >= 4 is 27.9 Å². The molecule has 0 spiro atoms. The van der Waals surface area contributed by atoms with Crippen LogP contribution in [0.2, 0.25) is 0 Å². The van der Waals surface area contributed by atoms with Crippen molar-refractivity contribution in [2.24, 2.45) is 0 Å². The van der Waals surface area contributed by atoms with Gasteiger partial charge in [-0.1, -0.05) is 0 Å². The molecule has 1 aliphatic rings. The minimum absolute atomic E-state index is 0.289. The highest BCUT2D eigenvalue weighted by Crippen LogP contribution is 2.32. The Balaban J connectivity index is 1.65. The Morgan fingerprint density at radius 3 is 2.96 bits per heavy atom. The number of rotatable bonds is 2. The van der Waals surface area contributed by atoms with Crippen LogP contribution in [-0.4, -0.2) is 49.0 Å². The number of halogens is 1. The van der Waals surface area contributed by atoms with Crippen molar-refractivity contribution < 1.29 is 9.50 Å². The molecular formula is C19H19FN6O. The summed E-state index contributed by atoms with van der Waals surface area (Å²) in [5, 5.41) is 17.7. The molecule has 3 aromatic heterocycles. The summed E-state index contributed by atoms with van der Waals surface area (Å²) in [6.07, 6.45) is 4.92. The second-order valence-corrected chi connectivity index (χ2v) is 7.01. The van der Waals surface area contributed by atoms with Crippen LogP contribution in [0, 0.1) is 12.7 Å². The summed E-state index contributed by atoms with van der Waals surface area (Å²) in [6, 6.07) is 4.71. The van der Waals surface area contributed by atoms with E-state index in [2.05, 4.69) is 20.2 Å². The maximum absolute atomic E-state index is 13.8. The first kappa shape index (κ1) is 16.2. The summed E-state index contributed by atoms with van der Waals surface area (Å²) in [4.78, 5) is 11.2. The largest absolute Gasteiger partial charge is 0.391 e. The van der Waals surface area contributed by atoms with E-state index < -0.39 is 0 Å². The van der Waals surface area contributed by atoms with Gasteiger partial charge in [0.25, 0.3) is 0 Å². The van der Waals surface area contributed by atoms with Gasteiger partial charge in [0.05, 0.1) is 46.4 Å². The third-order valence-corrected chi connectivity index (χ3v) is 5.19. The zero-order valence-corrected chi connectivity index (χ0v) is 14.9. The van der Waals surface area contributed by atoms with E-state index in [-0.39, 0.29) is 11.9 Å². The van der Waals surface area contributed by atoms with E-state index in [1.807, 2.05) is 16.4 Å². The Morgan fingerprint density at radius 2 is 2.15 bits per heavy atom. The van der Waals surface area contributed by atoms with Crippen LogP contribution in [0.15, 0.2) is 30.6 Å². The van der Waals surface area contributed by atoms with Crippen LogP contribution in [0.25, 0.3) is 27.6 Å². The first-order chi connectivity index (χ1) is 13.1. The molecule has 4 heterocycles. The molecule has 8 heteroatoms. The number of anilines is 1. The highest BCUT2D eigenvalue weighted by Gasteiger charge is 2.22. The summed E-state index contributed by atoms with van der Waals surface area (Å²) < 4.78 is 15.8. The van der Waals surface area contributed by atoms with Crippen LogP contribution in [0.3, 0.4) is 0 Å².